The molecule has 0 aliphatic carbocycles. The molecule has 5 heteroatoms. The van der Waals surface area contributed by atoms with Crippen molar-refractivity contribution in [2.24, 2.45) is 0 Å². The molecule has 3 aromatic heterocycles. The van der Waals surface area contributed by atoms with Crippen LogP contribution in [0, 0.1) is 11.6 Å². The number of hydrogen-bond acceptors (Lipinski definition) is 3. The predicted octanol–water partition coefficient (Wildman–Crippen LogP) is 16.9. The Morgan fingerprint density at radius 1 is 0.243 bits per heavy atom. The van der Waals surface area contributed by atoms with Crippen LogP contribution in [0.3, 0.4) is 0 Å². The summed E-state index contributed by atoms with van der Waals surface area (Å²) in [6.45, 7) is 0. The van der Waals surface area contributed by atoms with E-state index in [9.17, 15) is 0 Å². The summed E-state index contributed by atoms with van der Waals surface area (Å²) in [5, 5.41) is 0. The number of aromatic nitrogens is 3. The largest absolute Gasteiger partial charge is 0.256 e. The van der Waals surface area contributed by atoms with Crippen LogP contribution in [0.25, 0.3) is 101 Å². The van der Waals surface area contributed by atoms with Crippen LogP contribution in [0.4, 0.5) is 8.78 Å². The summed E-state index contributed by atoms with van der Waals surface area (Å²) < 4.78 is 31.1. The highest BCUT2D eigenvalue weighted by atomic mass is 19.2. The first-order valence-corrected chi connectivity index (χ1v) is 23.5. The van der Waals surface area contributed by atoms with E-state index in [1.807, 2.05) is 97.3 Å². The van der Waals surface area contributed by atoms with Crippen molar-refractivity contribution in [1.82, 2.24) is 15.0 Å². The van der Waals surface area contributed by atoms with Crippen molar-refractivity contribution in [3.63, 3.8) is 0 Å². The Morgan fingerprint density at radius 2 is 0.643 bits per heavy atom. The van der Waals surface area contributed by atoms with Gasteiger partial charge in [0.15, 0.2) is 11.6 Å². The fourth-order valence-corrected chi connectivity index (χ4v) is 9.34. The van der Waals surface area contributed by atoms with Crippen molar-refractivity contribution in [2.45, 2.75) is 12.8 Å². The van der Waals surface area contributed by atoms with Gasteiger partial charge in [0.1, 0.15) is 0 Å². The second kappa shape index (κ2) is 19.7. The minimum atomic E-state index is -0.903. The number of rotatable bonds is 12. The van der Waals surface area contributed by atoms with Crippen molar-refractivity contribution in [2.75, 3.05) is 0 Å². The standard InChI is InChI=1S/C65H45F2N3/c66-61-42-59(49-29-31-51(32-30-49)64-17-7-10-36-69-64)60(43-62(61)67)54-39-45(20-19-44-21-23-50(24-22-44)63-16-6-9-35-68-63)38-53(40-54)55-14-4-5-15-56(55)57-34-33-52(65-18-8-11-37-70-65)41-58(57)48-27-25-47(26-28-48)46-12-2-1-3-13-46/h1-18,21-43H,19-20H2. The third-order valence-electron chi connectivity index (χ3n) is 12.9. The average Bonchev–Trinajstić information content (AvgIpc) is 3.44. The maximum atomic E-state index is 15.7. The lowest BCUT2D eigenvalue weighted by atomic mass is 9.85. The molecule has 0 N–H and O–H groups in total. The van der Waals surface area contributed by atoms with Crippen LogP contribution >= 0.6 is 0 Å². The van der Waals surface area contributed by atoms with E-state index in [-0.39, 0.29) is 0 Å². The van der Waals surface area contributed by atoms with Gasteiger partial charge >= 0.3 is 0 Å². The molecule has 0 spiro atoms. The third kappa shape index (κ3) is 9.34. The SMILES string of the molecule is Fc1cc(-c2ccc(-c3ccccn3)cc2)c(-c2cc(CCc3ccc(-c4ccccn4)cc3)cc(-c3ccccc3-c3ccc(-c4ccccn4)cc3-c3ccc(-c4ccccc4)cc3)c2)cc1F. The number of aryl methyl sites for hydroxylation is 2. The Hall–Kier alpha value is -8.93. The van der Waals surface area contributed by atoms with Crippen molar-refractivity contribution in [3.05, 3.63) is 272 Å². The molecule has 0 fully saturated rings. The smallest absolute Gasteiger partial charge is 0.159 e. The van der Waals surface area contributed by atoms with Gasteiger partial charge in [-0.3, -0.25) is 15.0 Å². The summed E-state index contributed by atoms with van der Waals surface area (Å²) in [6, 6.07) is 77.5. The van der Waals surface area contributed by atoms with E-state index < -0.39 is 11.6 Å². The Labute approximate surface area is 407 Å². The molecule has 70 heavy (non-hydrogen) atoms. The Balaban J connectivity index is 1.04. The summed E-state index contributed by atoms with van der Waals surface area (Å²) in [7, 11) is 0. The van der Waals surface area contributed by atoms with Crippen molar-refractivity contribution in [1.29, 1.82) is 0 Å². The van der Waals surface area contributed by atoms with Crippen LogP contribution in [0.15, 0.2) is 249 Å². The second-order valence-corrected chi connectivity index (χ2v) is 17.4. The van der Waals surface area contributed by atoms with Crippen molar-refractivity contribution < 1.29 is 8.78 Å². The molecule has 0 saturated heterocycles. The van der Waals surface area contributed by atoms with Gasteiger partial charge in [0.2, 0.25) is 0 Å². The lowest BCUT2D eigenvalue weighted by Crippen LogP contribution is -1.97. The summed E-state index contributed by atoms with van der Waals surface area (Å²) >= 11 is 0. The fourth-order valence-electron chi connectivity index (χ4n) is 9.34. The van der Waals surface area contributed by atoms with Gasteiger partial charge in [-0.05, 0) is 151 Å². The summed E-state index contributed by atoms with van der Waals surface area (Å²) in [4.78, 5) is 13.8. The monoisotopic (exact) mass is 905 g/mol. The highest BCUT2D eigenvalue weighted by Gasteiger charge is 2.19. The topological polar surface area (TPSA) is 38.7 Å². The quantitative estimate of drug-likeness (QED) is 0.123. The van der Waals surface area contributed by atoms with Gasteiger partial charge in [0.05, 0.1) is 17.1 Å². The molecule has 0 atom stereocenters. The zero-order valence-electron chi connectivity index (χ0n) is 38.2. The van der Waals surface area contributed by atoms with E-state index in [0.717, 1.165) is 101 Å². The van der Waals surface area contributed by atoms with Gasteiger partial charge in [-0.2, -0.15) is 0 Å². The number of benzene rings is 8. The highest BCUT2D eigenvalue weighted by Crippen LogP contribution is 2.43. The Kier molecular flexibility index (Phi) is 12.3. The first kappa shape index (κ1) is 43.6. The zero-order chi connectivity index (χ0) is 47.2. The van der Waals surface area contributed by atoms with Crippen LogP contribution < -0.4 is 0 Å². The van der Waals surface area contributed by atoms with Crippen LogP contribution in [0.5, 0.6) is 0 Å². The number of hydrogen-bond donors (Lipinski definition) is 0. The Bertz CT molecular complexity index is 3560. The van der Waals surface area contributed by atoms with Crippen LogP contribution in [-0.4, -0.2) is 15.0 Å². The lowest BCUT2D eigenvalue weighted by Gasteiger charge is -2.19. The molecule has 11 aromatic rings. The average molecular weight is 906 g/mol. The molecule has 334 valence electrons. The zero-order valence-corrected chi connectivity index (χ0v) is 38.2. The van der Waals surface area contributed by atoms with Crippen molar-refractivity contribution >= 4 is 0 Å². The normalized spacial score (nSPS) is 11.1. The van der Waals surface area contributed by atoms with E-state index in [2.05, 4.69) is 143 Å². The molecule has 3 heterocycles. The minimum Gasteiger partial charge on any atom is -0.256 e. The number of halogens is 2. The van der Waals surface area contributed by atoms with Crippen LogP contribution in [-0.2, 0) is 12.8 Å². The van der Waals surface area contributed by atoms with Gasteiger partial charge in [-0.1, -0.05) is 170 Å². The van der Waals surface area contributed by atoms with Gasteiger partial charge in [-0.15, -0.1) is 0 Å². The molecule has 0 radical (unpaired) electrons. The second-order valence-electron chi connectivity index (χ2n) is 17.4. The van der Waals surface area contributed by atoms with Gasteiger partial charge in [0.25, 0.3) is 0 Å². The lowest BCUT2D eigenvalue weighted by molar-refractivity contribution is 0.509. The summed E-state index contributed by atoms with van der Waals surface area (Å²) in [5.74, 6) is -1.80. The molecule has 0 bridgehead atoms. The third-order valence-corrected chi connectivity index (χ3v) is 12.9. The van der Waals surface area contributed by atoms with Crippen LogP contribution in [0.1, 0.15) is 11.1 Å². The van der Waals surface area contributed by atoms with E-state index in [1.54, 1.807) is 6.20 Å². The highest BCUT2D eigenvalue weighted by molar-refractivity contribution is 5.95. The molecular weight excluding hydrogens is 861 g/mol. The van der Waals surface area contributed by atoms with E-state index in [0.29, 0.717) is 17.5 Å². The predicted molar refractivity (Wildman–Crippen MR) is 283 cm³/mol. The van der Waals surface area contributed by atoms with E-state index in [4.69, 9.17) is 4.98 Å². The van der Waals surface area contributed by atoms with E-state index >= 15 is 8.78 Å². The number of nitrogens with zero attached hydrogens (tertiary/aromatic N) is 3. The first-order chi connectivity index (χ1) is 34.5. The fraction of sp³-hybridized carbons (Fsp3) is 0.0308. The molecule has 0 unspecified atom stereocenters. The molecule has 0 aliphatic rings. The van der Waals surface area contributed by atoms with Crippen molar-refractivity contribution in [3.8, 4) is 101 Å². The molecule has 0 amide bonds. The Morgan fingerprint density at radius 3 is 1.21 bits per heavy atom. The van der Waals surface area contributed by atoms with E-state index in [1.165, 1.54) is 17.7 Å². The number of pyridine rings is 3. The van der Waals surface area contributed by atoms with Crippen LogP contribution in [0.2, 0.25) is 0 Å². The molecule has 11 rings (SSSR count). The first-order valence-electron chi connectivity index (χ1n) is 23.5. The van der Waals surface area contributed by atoms with Gasteiger partial charge < -0.3 is 0 Å². The minimum absolute atomic E-state index is 0.597. The molecule has 0 aliphatic heterocycles. The molecule has 3 nitrogen and oxygen atoms in total. The van der Waals surface area contributed by atoms with Gasteiger partial charge in [0, 0.05) is 35.3 Å². The summed E-state index contributed by atoms with van der Waals surface area (Å²) in [6.07, 6.45) is 6.87. The molecule has 0 saturated carbocycles. The maximum Gasteiger partial charge on any atom is 0.159 e. The van der Waals surface area contributed by atoms with Gasteiger partial charge in [-0.25, -0.2) is 8.78 Å². The maximum absolute atomic E-state index is 15.7. The summed E-state index contributed by atoms with van der Waals surface area (Å²) in [5.41, 5.74) is 19.2. The molecule has 8 aromatic carbocycles. The molecular formula is C65H45F2N3.